The Morgan fingerprint density at radius 1 is 1.03 bits per heavy atom. The SMILES string of the molecule is CC(NC(=O)C1CCCC1P(=O)(O)C(Cc1ccccc1)NC(=O)OCc1ccccc1)C(=O)[OH2+]. The van der Waals surface area contributed by atoms with Gasteiger partial charge in [-0.15, -0.1) is 0 Å². The third-order valence-electron chi connectivity index (χ3n) is 6.26. The molecule has 0 aromatic heterocycles. The van der Waals surface area contributed by atoms with Crippen molar-refractivity contribution in [1.82, 2.24) is 10.6 Å². The van der Waals surface area contributed by atoms with Crippen LogP contribution in [-0.2, 0) is 31.9 Å². The summed E-state index contributed by atoms with van der Waals surface area (Å²) < 4.78 is 19.2. The van der Waals surface area contributed by atoms with E-state index in [1.807, 2.05) is 24.3 Å². The Morgan fingerprint density at radius 2 is 1.63 bits per heavy atom. The first-order chi connectivity index (χ1) is 16.7. The molecule has 1 aliphatic rings. The van der Waals surface area contributed by atoms with Crippen LogP contribution in [0.3, 0.4) is 0 Å². The van der Waals surface area contributed by atoms with Gasteiger partial charge < -0.3 is 25.4 Å². The molecule has 2 amide bonds. The summed E-state index contributed by atoms with van der Waals surface area (Å²) in [5, 5.41) is 12.2. The number of hydrogen-bond acceptors (Lipinski definition) is 5. The van der Waals surface area contributed by atoms with E-state index in [1.54, 1.807) is 36.4 Å². The molecule has 5 atom stereocenters. The van der Waals surface area contributed by atoms with Gasteiger partial charge in [0.1, 0.15) is 12.4 Å². The molecule has 0 spiro atoms. The van der Waals surface area contributed by atoms with Gasteiger partial charge in [0.05, 0.1) is 0 Å². The van der Waals surface area contributed by atoms with Gasteiger partial charge in [-0.25, -0.2) is 4.79 Å². The summed E-state index contributed by atoms with van der Waals surface area (Å²) in [6, 6.07) is 17.1. The van der Waals surface area contributed by atoms with Crippen molar-refractivity contribution in [3.05, 3.63) is 71.8 Å². The highest BCUT2D eigenvalue weighted by atomic mass is 31.2. The zero-order valence-electron chi connectivity index (χ0n) is 19.6. The average molecular weight is 504 g/mol. The molecule has 0 aliphatic heterocycles. The van der Waals surface area contributed by atoms with Crippen molar-refractivity contribution < 1.29 is 33.7 Å². The number of amides is 2. The number of nitrogens with one attached hydrogen (secondary N) is 2. The van der Waals surface area contributed by atoms with E-state index in [0.717, 1.165) is 11.1 Å². The maximum absolute atomic E-state index is 13.9. The Kier molecular flexibility index (Phi) is 9.07. The first-order valence-electron chi connectivity index (χ1n) is 11.6. The van der Waals surface area contributed by atoms with Gasteiger partial charge in [-0.1, -0.05) is 67.1 Å². The fourth-order valence-corrected chi connectivity index (χ4v) is 6.90. The normalized spacial score (nSPS) is 20.7. The summed E-state index contributed by atoms with van der Waals surface area (Å²) in [6.45, 7) is 1.41. The number of alkyl carbamates (subject to hydrolysis) is 1. The first-order valence-corrected chi connectivity index (χ1v) is 13.4. The van der Waals surface area contributed by atoms with Gasteiger partial charge in [0.25, 0.3) is 0 Å². The van der Waals surface area contributed by atoms with Gasteiger partial charge in [-0.05, 0) is 30.9 Å². The molecule has 0 radical (unpaired) electrons. The molecule has 2 aromatic rings. The van der Waals surface area contributed by atoms with Crippen molar-refractivity contribution in [2.24, 2.45) is 5.92 Å². The van der Waals surface area contributed by atoms with Crippen LogP contribution >= 0.6 is 7.37 Å². The van der Waals surface area contributed by atoms with E-state index in [2.05, 4.69) is 10.6 Å². The molecule has 0 saturated heterocycles. The van der Waals surface area contributed by atoms with Gasteiger partial charge in [-0.2, -0.15) is 0 Å². The summed E-state index contributed by atoms with van der Waals surface area (Å²) in [7, 11) is -4.15. The van der Waals surface area contributed by atoms with Gasteiger partial charge in [0, 0.05) is 22.8 Å². The number of ether oxygens (including phenoxy) is 1. The van der Waals surface area contributed by atoms with Crippen molar-refractivity contribution in [1.29, 1.82) is 0 Å². The fourth-order valence-electron chi connectivity index (χ4n) is 4.32. The minimum Gasteiger partial charge on any atom is -0.563 e. The molecule has 188 valence electrons. The molecule has 5 N–H and O–H groups in total. The molecule has 0 heterocycles. The Balaban J connectivity index is 1.77. The molecule has 0 bridgehead atoms. The summed E-state index contributed by atoms with van der Waals surface area (Å²) in [6.07, 6.45) is 0.544. The zero-order valence-corrected chi connectivity index (χ0v) is 20.4. The van der Waals surface area contributed by atoms with Gasteiger partial charge in [0.2, 0.25) is 13.3 Å². The lowest BCUT2D eigenvalue weighted by Crippen LogP contribution is -2.45. The summed E-state index contributed by atoms with van der Waals surface area (Å²) >= 11 is 0. The second kappa shape index (κ2) is 12.0. The lowest BCUT2D eigenvalue weighted by Gasteiger charge is -2.31. The Morgan fingerprint density at radius 3 is 2.23 bits per heavy atom. The second-order valence-corrected chi connectivity index (χ2v) is 11.4. The minimum absolute atomic E-state index is 0.00790. The molecule has 2 aromatic carbocycles. The molecule has 1 aliphatic carbocycles. The Labute approximate surface area is 204 Å². The molecule has 35 heavy (non-hydrogen) atoms. The summed E-state index contributed by atoms with van der Waals surface area (Å²) in [4.78, 5) is 48.0. The van der Waals surface area contributed by atoms with E-state index in [0.29, 0.717) is 19.3 Å². The number of carbonyl (C=O) groups is 3. The number of benzene rings is 2. The lowest BCUT2D eigenvalue weighted by atomic mass is 10.1. The standard InChI is InChI=1S/C25H31N2O7P/c1-17(24(29)30)26-23(28)20-13-8-14-21(20)35(32,33)22(15-18-9-4-2-5-10-18)27-25(31)34-16-19-11-6-3-7-12-19/h2-7,9-12,17,20-22H,8,13-16H2,1H3,(H,26,28)(H,27,31)(H,29,30)(H,32,33)/p+1. The molecule has 10 heteroatoms. The highest BCUT2D eigenvalue weighted by molar-refractivity contribution is 7.59. The van der Waals surface area contributed by atoms with Crippen LogP contribution in [0.15, 0.2) is 60.7 Å². The topological polar surface area (TPSA) is 145 Å². The number of rotatable bonds is 10. The number of carbonyl (C=O) groups excluding carboxylic acids is 3. The van der Waals surface area contributed by atoms with Crippen molar-refractivity contribution >= 4 is 25.3 Å². The van der Waals surface area contributed by atoms with E-state index in [4.69, 9.17) is 9.84 Å². The summed E-state index contributed by atoms with van der Waals surface area (Å²) in [5.41, 5.74) is 0.640. The van der Waals surface area contributed by atoms with Crippen LogP contribution in [0, 0.1) is 5.92 Å². The van der Waals surface area contributed by atoms with Gasteiger partial charge >= 0.3 is 12.1 Å². The Hall–Kier alpha value is -3.16. The molecule has 5 unspecified atom stereocenters. The van der Waals surface area contributed by atoms with Crippen LogP contribution in [0.2, 0.25) is 0 Å². The Bertz CT molecular complexity index is 1060. The minimum atomic E-state index is -4.15. The third kappa shape index (κ3) is 7.16. The van der Waals surface area contributed by atoms with Crippen LogP contribution in [-0.4, -0.2) is 45.5 Å². The molecule has 9 nitrogen and oxygen atoms in total. The largest absolute Gasteiger partial charge is 0.563 e. The van der Waals surface area contributed by atoms with E-state index in [-0.39, 0.29) is 13.0 Å². The smallest absolute Gasteiger partial charge is 0.538 e. The maximum atomic E-state index is 13.9. The monoisotopic (exact) mass is 503 g/mol. The predicted molar refractivity (Wildman–Crippen MR) is 131 cm³/mol. The highest BCUT2D eigenvalue weighted by Gasteiger charge is 2.49. The molecular formula is C25H32N2O7P+. The van der Waals surface area contributed by atoms with Crippen LogP contribution in [0.4, 0.5) is 4.79 Å². The van der Waals surface area contributed by atoms with E-state index in [1.165, 1.54) is 6.92 Å². The fraction of sp³-hybridized carbons (Fsp3) is 0.400. The summed E-state index contributed by atoms with van der Waals surface area (Å²) in [5.74, 6) is -3.43. The van der Waals surface area contributed by atoms with Crippen molar-refractivity contribution in [3.8, 4) is 0 Å². The molecular weight excluding hydrogens is 471 g/mol. The van der Waals surface area contributed by atoms with Gasteiger partial charge in [0.15, 0.2) is 6.04 Å². The van der Waals surface area contributed by atoms with E-state index >= 15 is 0 Å². The zero-order chi connectivity index (χ0) is 25.4. The predicted octanol–water partition coefficient (Wildman–Crippen LogP) is 2.68. The van der Waals surface area contributed by atoms with Crippen LogP contribution in [0.25, 0.3) is 0 Å². The molecule has 1 saturated carbocycles. The van der Waals surface area contributed by atoms with Crippen LogP contribution in [0.5, 0.6) is 0 Å². The maximum Gasteiger partial charge on any atom is 0.538 e. The van der Waals surface area contributed by atoms with Crippen LogP contribution in [0.1, 0.15) is 37.3 Å². The quantitative estimate of drug-likeness (QED) is 0.336. The van der Waals surface area contributed by atoms with Crippen molar-refractivity contribution in [2.45, 2.75) is 56.7 Å². The third-order valence-corrected chi connectivity index (χ3v) is 9.03. The molecule has 3 rings (SSSR count). The lowest BCUT2D eigenvalue weighted by molar-refractivity contribution is -0.141. The first kappa shape index (κ1) is 26.4. The van der Waals surface area contributed by atoms with E-state index < -0.39 is 48.7 Å². The van der Waals surface area contributed by atoms with Crippen molar-refractivity contribution in [3.63, 3.8) is 0 Å². The average Bonchev–Trinajstić information content (AvgIpc) is 3.35. The van der Waals surface area contributed by atoms with Crippen molar-refractivity contribution in [2.75, 3.05) is 0 Å². The van der Waals surface area contributed by atoms with Crippen LogP contribution < -0.4 is 10.6 Å². The number of hydrogen-bond donors (Lipinski definition) is 3. The van der Waals surface area contributed by atoms with E-state index in [9.17, 15) is 23.8 Å². The molecule has 1 fully saturated rings. The highest BCUT2D eigenvalue weighted by Crippen LogP contribution is 2.58. The second-order valence-electron chi connectivity index (χ2n) is 8.78. The van der Waals surface area contributed by atoms with Gasteiger partial charge in [-0.3, -0.25) is 9.36 Å².